The SMILES string of the molecule is CN(Cc1ccccc1)C(=O)CCN1CCN(Cc2ccccc2)CC1. The van der Waals surface area contributed by atoms with E-state index in [9.17, 15) is 4.79 Å². The van der Waals surface area contributed by atoms with Crippen molar-refractivity contribution in [2.24, 2.45) is 0 Å². The third-order valence-electron chi connectivity index (χ3n) is 5.04. The molecule has 0 bridgehead atoms. The molecule has 4 nitrogen and oxygen atoms in total. The average Bonchev–Trinajstić information content (AvgIpc) is 2.69. The van der Waals surface area contributed by atoms with Crippen molar-refractivity contribution in [3.8, 4) is 0 Å². The number of carbonyl (C=O) groups is 1. The van der Waals surface area contributed by atoms with Crippen molar-refractivity contribution < 1.29 is 4.79 Å². The van der Waals surface area contributed by atoms with Crippen molar-refractivity contribution in [1.82, 2.24) is 14.7 Å². The fourth-order valence-corrected chi connectivity index (χ4v) is 3.40. The lowest BCUT2D eigenvalue weighted by molar-refractivity contribution is -0.130. The van der Waals surface area contributed by atoms with Gasteiger partial charge in [0.05, 0.1) is 0 Å². The van der Waals surface area contributed by atoms with Crippen molar-refractivity contribution in [2.75, 3.05) is 39.8 Å². The third kappa shape index (κ3) is 5.68. The summed E-state index contributed by atoms with van der Waals surface area (Å²) >= 11 is 0. The largest absolute Gasteiger partial charge is 0.341 e. The van der Waals surface area contributed by atoms with Gasteiger partial charge in [0.2, 0.25) is 5.91 Å². The number of piperazine rings is 1. The molecular formula is C22H29N3O. The molecule has 1 heterocycles. The number of carbonyl (C=O) groups excluding carboxylic acids is 1. The van der Waals surface area contributed by atoms with Gasteiger partial charge in [0.1, 0.15) is 0 Å². The first-order chi connectivity index (χ1) is 12.7. The second-order valence-corrected chi connectivity index (χ2v) is 7.09. The molecule has 26 heavy (non-hydrogen) atoms. The topological polar surface area (TPSA) is 26.8 Å². The Balaban J connectivity index is 1.36. The van der Waals surface area contributed by atoms with E-state index in [1.807, 2.05) is 30.1 Å². The predicted octanol–water partition coefficient (Wildman–Crippen LogP) is 2.85. The van der Waals surface area contributed by atoms with Crippen LogP contribution < -0.4 is 0 Å². The summed E-state index contributed by atoms with van der Waals surface area (Å²) in [5, 5.41) is 0. The molecule has 1 aliphatic rings. The summed E-state index contributed by atoms with van der Waals surface area (Å²) in [4.78, 5) is 19.1. The van der Waals surface area contributed by atoms with Gasteiger partial charge in [-0.1, -0.05) is 60.7 Å². The van der Waals surface area contributed by atoms with E-state index in [0.29, 0.717) is 13.0 Å². The molecular weight excluding hydrogens is 322 g/mol. The summed E-state index contributed by atoms with van der Waals surface area (Å²) < 4.78 is 0. The van der Waals surface area contributed by atoms with Gasteiger partial charge in [0, 0.05) is 59.3 Å². The van der Waals surface area contributed by atoms with E-state index in [-0.39, 0.29) is 5.91 Å². The maximum absolute atomic E-state index is 12.4. The van der Waals surface area contributed by atoms with Crippen LogP contribution in [-0.4, -0.2) is 60.4 Å². The molecule has 0 radical (unpaired) electrons. The molecule has 2 aromatic rings. The average molecular weight is 351 g/mol. The molecule has 4 heteroatoms. The Hall–Kier alpha value is -2.17. The van der Waals surface area contributed by atoms with Gasteiger partial charge in [-0.3, -0.25) is 9.69 Å². The maximum atomic E-state index is 12.4. The lowest BCUT2D eigenvalue weighted by Crippen LogP contribution is -2.46. The second-order valence-electron chi connectivity index (χ2n) is 7.09. The molecule has 0 aromatic heterocycles. The van der Waals surface area contributed by atoms with Crippen LogP contribution in [0, 0.1) is 0 Å². The van der Waals surface area contributed by atoms with Gasteiger partial charge in [-0.05, 0) is 11.1 Å². The zero-order chi connectivity index (χ0) is 18.2. The summed E-state index contributed by atoms with van der Waals surface area (Å²) in [5.74, 6) is 0.223. The molecule has 0 spiro atoms. The Labute approximate surface area is 157 Å². The highest BCUT2D eigenvalue weighted by Crippen LogP contribution is 2.09. The first-order valence-corrected chi connectivity index (χ1v) is 9.47. The molecule has 0 atom stereocenters. The molecule has 1 amide bonds. The van der Waals surface area contributed by atoms with E-state index < -0.39 is 0 Å². The molecule has 0 saturated carbocycles. The molecule has 138 valence electrons. The van der Waals surface area contributed by atoms with E-state index in [2.05, 4.69) is 52.3 Å². The van der Waals surface area contributed by atoms with Crippen molar-refractivity contribution in [2.45, 2.75) is 19.5 Å². The number of nitrogens with zero attached hydrogens (tertiary/aromatic N) is 3. The van der Waals surface area contributed by atoms with Crippen molar-refractivity contribution in [1.29, 1.82) is 0 Å². The van der Waals surface area contributed by atoms with Gasteiger partial charge in [0.25, 0.3) is 0 Å². The minimum atomic E-state index is 0.223. The van der Waals surface area contributed by atoms with Gasteiger partial charge in [-0.15, -0.1) is 0 Å². The number of benzene rings is 2. The minimum absolute atomic E-state index is 0.223. The van der Waals surface area contributed by atoms with Gasteiger partial charge < -0.3 is 9.80 Å². The van der Waals surface area contributed by atoms with E-state index in [1.54, 1.807) is 0 Å². The van der Waals surface area contributed by atoms with Crippen LogP contribution in [0.15, 0.2) is 60.7 Å². The minimum Gasteiger partial charge on any atom is -0.341 e. The van der Waals surface area contributed by atoms with Crippen LogP contribution in [0.4, 0.5) is 0 Å². The molecule has 3 rings (SSSR count). The van der Waals surface area contributed by atoms with E-state index in [4.69, 9.17) is 0 Å². The standard InChI is InChI=1S/C22H29N3O/c1-23(18-20-8-4-2-5-9-20)22(26)12-13-24-14-16-25(17-15-24)19-21-10-6-3-7-11-21/h2-11H,12-19H2,1H3. The number of hydrogen-bond donors (Lipinski definition) is 0. The van der Waals surface area contributed by atoms with Gasteiger partial charge in [-0.2, -0.15) is 0 Å². The first-order valence-electron chi connectivity index (χ1n) is 9.47. The number of rotatable bonds is 7. The lowest BCUT2D eigenvalue weighted by atomic mass is 10.2. The van der Waals surface area contributed by atoms with Gasteiger partial charge >= 0.3 is 0 Å². The smallest absolute Gasteiger partial charge is 0.223 e. The van der Waals surface area contributed by atoms with E-state index in [1.165, 1.54) is 11.1 Å². The summed E-state index contributed by atoms with van der Waals surface area (Å²) in [6.07, 6.45) is 0.599. The van der Waals surface area contributed by atoms with Crippen molar-refractivity contribution >= 4 is 5.91 Å². The Kier molecular flexibility index (Phi) is 6.81. The van der Waals surface area contributed by atoms with Gasteiger partial charge in [0.15, 0.2) is 0 Å². The van der Waals surface area contributed by atoms with Crippen LogP contribution >= 0.6 is 0 Å². The van der Waals surface area contributed by atoms with Crippen LogP contribution in [0.2, 0.25) is 0 Å². The quantitative estimate of drug-likeness (QED) is 0.767. The molecule has 0 unspecified atom stereocenters. The highest BCUT2D eigenvalue weighted by Gasteiger charge is 2.18. The highest BCUT2D eigenvalue weighted by atomic mass is 16.2. The Morgan fingerprint density at radius 2 is 1.38 bits per heavy atom. The first kappa shape index (κ1) is 18.6. The third-order valence-corrected chi connectivity index (χ3v) is 5.04. The molecule has 0 N–H and O–H groups in total. The van der Waals surface area contributed by atoms with Crippen LogP contribution in [-0.2, 0) is 17.9 Å². The maximum Gasteiger partial charge on any atom is 0.223 e. The highest BCUT2D eigenvalue weighted by molar-refractivity contribution is 5.76. The van der Waals surface area contributed by atoms with Crippen molar-refractivity contribution in [3.63, 3.8) is 0 Å². The van der Waals surface area contributed by atoms with Gasteiger partial charge in [-0.25, -0.2) is 0 Å². The summed E-state index contributed by atoms with van der Waals surface area (Å²) in [6.45, 7) is 6.80. The molecule has 2 aromatic carbocycles. The van der Waals surface area contributed by atoms with Crippen LogP contribution in [0.3, 0.4) is 0 Å². The lowest BCUT2D eigenvalue weighted by Gasteiger charge is -2.34. The second kappa shape index (κ2) is 9.51. The molecule has 0 aliphatic carbocycles. The zero-order valence-electron chi connectivity index (χ0n) is 15.7. The number of hydrogen-bond acceptors (Lipinski definition) is 3. The monoisotopic (exact) mass is 351 g/mol. The predicted molar refractivity (Wildman–Crippen MR) is 106 cm³/mol. The molecule has 1 aliphatic heterocycles. The zero-order valence-corrected chi connectivity index (χ0v) is 15.7. The normalized spacial score (nSPS) is 15.7. The Bertz CT molecular complexity index is 666. The Morgan fingerprint density at radius 3 is 2.00 bits per heavy atom. The van der Waals surface area contributed by atoms with Crippen molar-refractivity contribution in [3.05, 3.63) is 71.8 Å². The molecule has 1 saturated heterocycles. The fourth-order valence-electron chi connectivity index (χ4n) is 3.40. The van der Waals surface area contributed by atoms with Crippen LogP contribution in [0.1, 0.15) is 17.5 Å². The number of amides is 1. The Morgan fingerprint density at radius 1 is 0.846 bits per heavy atom. The van der Waals surface area contributed by atoms with E-state index >= 15 is 0 Å². The van der Waals surface area contributed by atoms with E-state index in [0.717, 1.165) is 39.3 Å². The molecule has 1 fully saturated rings. The fraction of sp³-hybridized carbons (Fsp3) is 0.409. The van der Waals surface area contributed by atoms with Crippen LogP contribution in [0.5, 0.6) is 0 Å². The van der Waals surface area contributed by atoms with Crippen LogP contribution in [0.25, 0.3) is 0 Å². The summed E-state index contributed by atoms with van der Waals surface area (Å²) in [7, 11) is 1.90. The summed E-state index contributed by atoms with van der Waals surface area (Å²) in [6, 6.07) is 20.8. The summed E-state index contributed by atoms with van der Waals surface area (Å²) in [5.41, 5.74) is 2.55.